The molecular weight excluding hydrogens is 304 g/mol. The molecular formula is C20H26O2S. The molecule has 2 rings (SSSR count). The summed E-state index contributed by atoms with van der Waals surface area (Å²) >= 11 is 0. The van der Waals surface area contributed by atoms with Crippen LogP contribution in [0.5, 0.6) is 5.75 Å². The number of para-hydroxylation sites is 1. The highest BCUT2D eigenvalue weighted by molar-refractivity contribution is 7.83. The predicted molar refractivity (Wildman–Crippen MR) is 98.3 cm³/mol. The van der Waals surface area contributed by atoms with Crippen LogP contribution in [0.1, 0.15) is 50.3 Å². The molecule has 0 radical (unpaired) electrons. The zero-order valence-corrected chi connectivity index (χ0v) is 15.2. The van der Waals surface area contributed by atoms with Crippen LogP contribution in [0.15, 0.2) is 48.5 Å². The minimum absolute atomic E-state index is 0.119. The SMILES string of the molecule is CC(C)Oc1ccccc1CS(=O)Cc1ccc(C(C)C)cc1. The lowest BCUT2D eigenvalue weighted by Gasteiger charge is -2.14. The van der Waals surface area contributed by atoms with E-state index in [1.165, 1.54) is 5.56 Å². The quantitative estimate of drug-likeness (QED) is 0.710. The van der Waals surface area contributed by atoms with Crippen molar-refractivity contribution in [3.8, 4) is 5.75 Å². The zero-order valence-electron chi connectivity index (χ0n) is 14.4. The summed E-state index contributed by atoms with van der Waals surface area (Å²) in [6.45, 7) is 8.37. The Morgan fingerprint density at radius 2 is 1.57 bits per heavy atom. The summed E-state index contributed by atoms with van der Waals surface area (Å²) in [6.07, 6.45) is 0.119. The number of hydrogen-bond donors (Lipinski definition) is 0. The number of benzene rings is 2. The Hall–Kier alpha value is -1.61. The van der Waals surface area contributed by atoms with Crippen LogP contribution in [-0.2, 0) is 22.3 Å². The van der Waals surface area contributed by atoms with Crippen molar-refractivity contribution in [1.29, 1.82) is 0 Å². The van der Waals surface area contributed by atoms with Crippen LogP contribution in [-0.4, -0.2) is 10.3 Å². The van der Waals surface area contributed by atoms with E-state index < -0.39 is 10.8 Å². The second-order valence-corrected chi connectivity index (χ2v) is 7.86. The summed E-state index contributed by atoms with van der Waals surface area (Å²) in [5, 5.41) is 0. The maximum absolute atomic E-state index is 12.5. The van der Waals surface area contributed by atoms with Gasteiger partial charge in [-0.05, 0) is 37.0 Å². The van der Waals surface area contributed by atoms with E-state index in [-0.39, 0.29) is 6.10 Å². The minimum Gasteiger partial charge on any atom is -0.491 e. The Morgan fingerprint density at radius 1 is 0.913 bits per heavy atom. The third-order valence-electron chi connectivity index (χ3n) is 3.63. The molecule has 0 aromatic heterocycles. The fraction of sp³-hybridized carbons (Fsp3) is 0.400. The van der Waals surface area contributed by atoms with Crippen LogP contribution >= 0.6 is 0 Å². The maximum Gasteiger partial charge on any atom is 0.123 e. The summed E-state index contributed by atoms with van der Waals surface area (Å²) in [4.78, 5) is 0. The monoisotopic (exact) mass is 330 g/mol. The largest absolute Gasteiger partial charge is 0.491 e. The molecule has 0 amide bonds. The Balaban J connectivity index is 2.02. The minimum atomic E-state index is -0.944. The molecule has 2 aromatic carbocycles. The van der Waals surface area contributed by atoms with E-state index in [9.17, 15) is 4.21 Å². The van der Waals surface area contributed by atoms with Crippen molar-refractivity contribution in [2.24, 2.45) is 0 Å². The lowest BCUT2D eigenvalue weighted by molar-refractivity contribution is 0.240. The molecule has 1 unspecified atom stereocenters. The fourth-order valence-electron chi connectivity index (χ4n) is 2.40. The maximum atomic E-state index is 12.5. The molecule has 0 aliphatic rings. The lowest BCUT2D eigenvalue weighted by atomic mass is 10.0. The van der Waals surface area contributed by atoms with E-state index in [1.54, 1.807) is 0 Å². The molecule has 0 spiro atoms. The molecule has 0 heterocycles. The molecule has 0 bridgehead atoms. The molecule has 2 nitrogen and oxygen atoms in total. The van der Waals surface area contributed by atoms with Gasteiger partial charge >= 0.3 is 0 Å². The molecule has 3 heteroatoms. The molecule has 0 aliphatic heterocycles. The van der Waals surface area contributed by atoms with Gasteiger partial charge in [-0.25, -0.2) is 0 Å². The summed E-state index contributed by atoms with van der Waals surface area (Å²) in [5.74, 6) is 2.46. The molecule has 0 saturated carbocycles. The normalized spacial score (nSPS) is 12.6. The summed E-state index contributed by atoms with van der Waals surface area (Å²) in [7, 11) is -0.944. The van der Waals surface area contributed by atoms with Gasteiger partial charge in [-0.15, -0.1) is 0 Å². The number of ether oxygens (including phenoxy) is 1. The Labute approximate surface area is 142 Å². The highest BCUT2D eigenvalue weighted by atomic mass is 32.2. The van der Waals surface area contributed by atoms with Crippen LogP contribution in [0.3, 0.4) is 0 Å². The second-order valence-electron chi connectivity index (χ2n) is 6.40. The molecule has 0 fully saturated rings. The number of rotatable bonds is 7. The van der Waals surface area contributed by atoms with Crippen LogP contribution in [0, 0.1) is 0 Å². The first kappa shape index (κ1) is 17.7. The molecule has 23 heavy (non-hydrogen) atoms. The average molecular weight is 330 g/mol. The standard InChI is InChI=1S/C20H26O2S/c1-15(2)18-11-9-17(10-12-18)13-23(21)14-19-7-5-6-8-20(19)22-16(3)4/h5-12,15-16H,13-14H2,1-4H3. The molecule has 0 aliphatic carbocycles. The van der Waals surface area contributed by atoms with Crippen LogP contribution in [0.2, 0.25) is 0 Å². The smallest absolute Gasteiger partial charge is 0.123 e. The van der Waals surface area contributed by atoms with Crippen LogP contribution < -0.4 is 4.74 Å². The molecule has 0 saturated heterocycles. The van der Waals surface area contributed by atoms with Crippen LogP contribution in [0.25, 0.3) is 0 Å². The van der Waals surface area contributed by atoms with E-state index in [0.29, 0.717) is 17.4 Å². The van der Waals surface area contributed by atoms with Gasteiger partial charge in [0.05, 0.1) is 11.9 Å². The topological polar surface area (TPSA) is 26.3 Å². The molecule has 1 atom stereocenters. The van der Waals surface area contributed by atoms with Gasteiger partial charge in [0.1, 0.15) is 5.75 Å². The van der Waals surface area contributed by atoms with E-state index >= 15 is 0 Å². The predicted octanol–water partition coefficient (Wildman–Crippen LogP) is 5.05. The third kappa shape index (κ3) is 5.51. The third-order valence-corrected chi connectivity index (χ3v) is 4.91. The van der Waals surface area contributed by atoms with Crippen LogP contribution in [0.4, 0.5) is 0 Å². The highest BCUT2D eigenvalue weighted by Gasteiger charge is 2.10. The van der Waals surface area contributed by atoms with Crippen molar-refractivity contribution < 1.29 is 8.95 Å². The van der Waals surface area contributed by atoms with Gasteiger partial charge in [-0.3, -0.25) is 4.21 Å². The van der Waals surface area contributed by atoms with Gasteiger partial charge in [-0.1, -0.05) is 56.3 Å². The van der Waals surface area contributed by atoms with Gasteiger partial charge < -0.3 is 4.74 Å². The summed E-state index contributed by atoms with van der Waals surface area (Å²) in [6, 6.07) is 16.3. The van der Waals surface area contributed by atoms with E-state index in [1.807, 2.05) is 38.1 Å². The fourth-order valence-corrected chi connectivity index (χ4v) is 3.65. The Bertz CT molecular complexity index is 645. The highest BCUT2D eigenvalue weighted by Crippen LogP contribution is 2.22. The zero-order chi connectivity index (χ0) is 16.8. The first-order valence-corrected chi connectivity index (χ1v) is 9.63. The van der Waals surface area contributed by atoms with Crippen molar-refractivity contribution in [3.63, 3.8) is 0 Å². The van der Waals surface area contributed by atoms with Crippen molar-refractivity contribution in [3.05, 3.63) is 65.2 Å². The van der Waals surface area contributed by atoms with Gasteiger partial charge in [0.15, 0.2) is 0 Å². The van der Waals surface area contributed by atoms with Crippen molar-refractivity contribution >= 4 is 10.8 Å². The first-order valence-electron chi connectivity index (χ1n) is 8.14. The first-order chi connectivity index (χ1) is 11.0. The van der Waals surface area contributed by atoms with E-state index in [2.05, 4.69) is 38.1 Å². The van der Waals surface area contributed by atoms with Crippen molar-refractivity contribution in [2.75, 3.05) is 0 Å². The van der Waals surface area contributed by atoms with E-state index in [0.717, 1.165) is 16.9 Å². The van der Waals surface area contributed by atoms with Gasteiger partial charge in [-0.2, -0.15) is 0 Å². The summed E-state index contributed by atoms with van der Waals surface area (Å²) in [5.41, 5.74) is 3.45. The Morgan fingerprint density at radius 3 is 2.17 bits per heavy atom. The van der Waals surface area contributed by atoms with Crippen molar-refractivity contribution in [1.82, 2.24) is 0 Å². The molecule has 124 valence electrons. The summed E-state index contributed by atoms with van der Waals surface area (Å²) < 4.78 is 18.3. The lowest BCUT2D eigenvalue weighted by Crippen LogP contribution is -2.09. The number of hydrogen-bond acceptors (Lipinski definition) is 2. The van der Waals surface area contributed by atoms with Gasteiger partial charge in [0.25, 0.3) is 0 Å². The average Bonchev–Trinajstić information content (AvgIpc) is 2.49. The Kier molecular flexibility index (Phi) is 6.40. The van der Waals surface area contributed by atoms with Gasteiger partial charge in [0, 0.05) is 22.1 Å². The molecule has 0 N–H and O–H groups in total. The van der Waals surface area contributed by atoms with Gasteiger partial charge in [0.2, 0.25) is 0 Å². The van der Waals surface area contributed by atoms with Crippen molar-refractivity contribution in [2.45, 2.75) is 51.2 Å². The van der Waals surface area contributed by atoms with E-state index in [4.69, 9.17) is 4.74 Å². The molecule has 2 aromatic rings. The second kappa shape index (κ2) is 8.30.